The van der Waals surface area contributed by atoms with Crippen LogP contribution in [0.1, 0.15) is 39.2 Å². The van der Waals surface area contributed by atoms with Gasteiger partial charge < -0.3 is 11.1 Å². The van der Waals surface area contributed by atoms with Crippen LogP contribution in [-0.4, -0.2) is 35.5 Å². The van der Waals surface area contributed by atoms with E-state index >= 15 is 0 Å². The van der Waals surface area contributed by atoms with Gasteiger partial charge in [0.15, 0.2) is 0 Å². The Labute approximate surface area is 134 Å². The summed E-state index contributed by atoms with van der Waals surface area (Å²) < 4.78 is 0. The van der Waals surface area contributed by atoms with Gasteiger partial charge in [0.2, 0.25) is 5.91 Å². The quantitative estimate of drug-likeness (QED) is 0.846. The summed E-state index contributed by atoms with van der Waals surface area (Å²) >= 11 is 0. The van der Waals surface area contributed by atoms with Crippen molar-refractivity contribution in [1.82, 2.24) is 10.2 Å². The number of nitrogens with zero attached hydrogens (tertiary/aromatic N) is 1. The molecule has 1 amide bonds. The number of rotatable bonds is 6. The molecular formula is C18H29N3O. The second-order valence-electron chi connectivity index (χ2n) is 6.62. The number of nitrogens with two attached hydrogens (primary N) is 1. The first-order valence-electron chi connectivity index (χ1n) is 8.35. The summed E-state index contributed by atoms with van der Waals surface area (Å²) in [6.45, 7) is 8.16. The lowest BCUT2D eigenvalue weighted by molar-refractivity contribution is -0.124. The normalized spacial score (nSPS) is 24.9. The first kappa shape index (κ1) is 17.0. The minimum Gasteiger partial charge on any atom is -0.351 e. The van der Waals surface area contributed by atoms with Gasteiger partial charge in [-0.2, -0.15) is 0 Å². The van der Waals surface area contributed by atoms with Gasteiger partial charge in [0.1, 0.15) is 0 Å². The summed E-state index contributed by atoms with van der Waals surface area (Å²) in [6, 6.07) is 10.8. The van der Waals surface area contributed by atoms with Crippen molar-refractivity contribution >= 4 is 5.91 Å². The summed E-state index contributed by atoms with van der Waals surface area (Å²) in [5.41, 5.74) is 7.33. The minimum absolute atomic E-state index is 0.00638. The Morgan fingerprint density at radius 3 is 2.73 bits per heavy atom. The van der Waals surface area contributed by atoms with Crippen molar-refractivity contribution < 1.29 is 4.79 Å². The van der Waals surface area contributed by atoms with Crippen LogP contribution < -0.4 is 11.1 Å². The van der Waals surface area contributed by atoms with Crippen LogP contribution in [0.5, 0.6) is 0 Å². The fourth-order valence-corrected chi connectivity index (χ4v) is 3.05. The first-order valence-corrected chi connectivity index (χ1v) is 8.35. The summed E-state index contributed by atoms with van der Waals surface area (Å²) in [7, 11) is 0. The van der Waals surface area contributed by atoms with E-state index in [1.54, 1.807) is 0 Å². The monoisotopic (exact) mass is 303 g/mol. The Bertz CT molecular complexity index is 476. The van der Waals surface area contributed by atoms with E-state index in [0.29, 0.717) is 6.04 Å². The zero-order valence-corrected chi connectivity index (χ0v) is 14.0. The first-order chi connectivity index (χ1) is 10.5. The Hall–Kier alpha value is -1.39. The number of nitrogens with one attached hydrogen (secondary N) is 1. The fraction of sp³-hybridized carbons (Fsp3) is 0.611. The van der Waals surface area contributed by atoms with Crippen LogP contribution in [0.25, 0.3) is 0 Å². The van der Waals surface area contributed by atoms with Crippen molar-refractivity contribution in [3.63, 3.8) is 0 Å². The van der Waals surface area contributed by atoms with Gasteiger partial charge in [0.05, 0.1) is 6.04 Å². The molecule has 122 valence electrons. The second kappa shape index (κ2) is 7.75. The predicted octanol–water partition coefficient (Wildman–Crippen LogP) is 2.14. The van der Waals surface area contributed by atoms with E-state index in [-0.39, 0.29) is 17.9 Å². The summed E-state index contributed by atoms with van der Waals surface area (Å²) in [5.74, 6) is 0.215. The van der Waals surface area contributed by atoms with Crippen LogP contribution in [0.2, 0.25) is 0 Å². The van der Waals surface area contributed by atoms with Crippen LogP contribution in [0.4, 0.5) is 0 Å². The second-order valence-corrected chi connectivity index (χ2v) is 6.62. The zero-order chi connectivity index (χ0) is 16.1. The molecule has 1 aliphatic rings. The lowest BCUT2D eigenvalue weighted by Crippen LogP contribution is -2.48. The van der Waals surface area contributed by atoms with Gasteiger partial charge in [0.25, 0.3) is 0 Å². The van der Waals surface area contributed by atoms with Gasteiger partial charge in [-0.05, 0) is 24.8 Å². The highest BCUT2D eigenvalue weighted by molar-refractivity contribution is 5.82. The van der Waals surface area contributed by atoms with E-state index in [0.717, 1.165) is 25.9 Å². The fourth-order valence-electron chi connectivity index (χ4n) is 3.05. The van der Waals surface area contributed by atoms with Crippen molar-refractivity contribution in [3.05, 3.63) is 35.9 Å². The number of hydrogen-bond acceptors (Lipinski definition) is 3. The van der Waals surface area contributed by atoms with E-state index in [9.17, 15) is 4.79 Å². The summed E-state index contributed by atoms with van der Waals surface area (Å²) in [5, 5.41) is 3.13. The lowest BCUT2D eigenvalue weighted by atomic mass is 9.99. The molecule has 0 aliphatic carbocycles. The number of carbonyl (C=O) groups is 1. The highest BCUT2D eigenvalue weighted by atomic mass is 16.2. The van der Waals surface area contributed by atoms with Gasteiger partial charge in [-0.1, -0.05) is 50.6 Å². The molecule has 3 N–H and O–H groups in total. The minimum atomic E-state index is -0.400. The van der Waals surface area contributed by atoms with Crippen molar-refractivity contribution in [2.75, 3.05) is 6.54 Å². The van der Waals surface area contributed by atoms with Crippen LogP contribution in [0, 0.1) is 5.92 Å². The average molecular weight is 303 g/mol. The molecule has 1 aliphatic heterocycles. The maximum Gasteiger partial charge on any atom is 0.237 e. The third-order valence-corrected chi connectivity index (χ3v) is 4.84. The molecule has 0 aromatic heterocycles. The number of carbonyl (C=O) groups excluding carboxylic acids is 1. The number of hydrogen-bond donors (Lipinski definition) is 2. The van der Waals surface area contributed by atoms with Crippen LogP contribution in [0.15, 0.2) is 30.3 Å². The van der Waals surface area contributed by atoms with Crippen molar-refractivity contribution in [3.8, 4) is 0 Å². The Morgan fingerprint density at radius 1 is 1.41 bits per heavy atom. The van der Waals surface area contributed by atoms with Crippen LogP contribution in [-0.2, 0) is 11.3 Å². The van der Waals surface area contributed by atoms with Gasteiger partial charge in [0, 0.05) is 25.2 Å². The van der Waals surface area contributed by atoms with E-state index in [1.165, 1.54) is 5.56 Å². The summed E-state index contributed by atoms with van der Waals surface area (Å²) in [4.78, 5) is 14.6. The Morgan fingerprint density at radius 2 is 2.09 bits per heavy atom. The molecule has 0 radical (unpaired) electrons. The highest BCUT2D eigenvalue weighted by Gasteiger charge is 2.31. The number of likely N-dealkylation sites (tertiary alicyclic amines) is 1. The molecule has 2 rings (SSSR count). The molecule has 0 spiro atoms. The highest BCUT2D eigenvalue weighted by Crippen LogP contribution is 2.20. The molecule has 4 unspecified atom stereocenters. The molecule has 1 aromatic rings. The largest absolute Gasteiger partial charge is 0.351 e. The Balaban J connectivity index is 1.87. The van der Waals surface area contributed by atoms with Crippen molar-refractivity contribution in [2.45, 2.75) is 58.3 Å². The molecule has 1 fully saturated rings. The molecule has 1 saturated heterocycles. The number of amides is 1. The van der Waals surface area contributed by atoms with Crippen molar-refractivity contribution in [1.29, 1.82) is 0 Å². The SMILES string of the molecule is CCC(C)C(N)C(=O)NC1CC(C)N(Cc2ccccc2)C1. The van der Waals surface area contributed by atoms with E-state index < -0.39 is 6.04 Å². The van der Waals surface area contributed by atoms with Crippen molar-refractivity contribution in [2.24, 2.45) is 11.7 Å². The maximum atomic E-state index is 12.2. The molecule has 0 saturated carbocycles. The number of benzene rings is 1. The molecule has 22 heavy (non-hydrogen) atoms. The van der Waals surface area contributed by atoms with Crippen LogP contribution >= 0.6 is 0 Å². The zero-order valence-electron chi connectivity index (χ0n) is 14.0. The third kappa shape index (κ3) is 4.31. The molecular weight excluding hydrogens is 274 g/mol. The summed E-state index contributed by atoms with van der Waals surface area (Å²) in [6.07, 6.45) is 1.92. The van der Waals surface area contributed by atoms with Crippen LogP contribution in [0.3, 0.4) is 0 Å². The van der Waals surface area contributed by atoms with Gasteiger partial charge in [-0.25, -0.2) is 0 Å². The smallest absolute Gasteiger partial charge is 0.237 e. The third-order valence-electron chi connectivity index (χ3n) is 4.84. The van der Waals surface area contributed by atoms with Gasteiger partial charge >= 0.3 is 0 Å². The van der Waals surface area contributed by atoms with E-state index in [4.69, 9.17) is 5.73 Å². The van der Waals surface area contributed by atoms with E-state index in [1.807, 2.05) is 13.0 Å². The molecule has 1 heterocycles. The topological polar surface area (TPSA) is 58.4 Å². The standard InChI is InChI=1S/C18H29N3O/c1-4-13(2)17(19)18(22)20-16-10-14(3)21(12-16)11-15-8-6-5-7-9-15/h5-9,13-14,16-17H,4,10-12,19H2,1-3H3,(H,20,22). The molecule has 4 heteroatoms. The molecule has 4 nitrogen and oxygen atoms in total. The van der Waals surface area contributed by atoms with Gasteiger partial charge in [-0.15, -0.1) is 0 Å². The molecule has 0 bridgehead atoms. The lowest BCUT2D eigenvalue weighted by Gasteiger charge is -2.22. The Kier molecular flexibility index (Phi) is 5.98. The molecule has 4 atom stereocenters. The average Bonchev–Trinajstić information content (AvgIpc) is 2.86. The van der Waals surface area contributed by atoms with E-state index in [2.05, 4.69) is 48.3 Å². The molecule has 1 aromatic carbocycles. The maximum absolute atomic E-state index is 12.2. The predicted molar refractivity (Wildman–Crippen MR) is 90.3 cm³/mol. The van der Waals surface area contributed by atoms with Gasteiger partial charge in [-0.3, -0.25) is 9.69 Å².